The molecule has 0 radical (unpaired) electrons. The van der Waals surface area contributed by atoms with Crippen LogP contribution in [0.15, 0.2) is 33.7 Å². The molecule has 114 valence electrons. The number of rotatable bonds is 1. The summed E-state index contributed by atoms with van der Waals surface area (Å²) in [4.78, 5) is 17.3. The largest absolute Gasteiger partial charge is 0.381 e. The first kappa shape index (κ1) is 14.0. The lowest BCUT2D eigenvalue weighted by atomic mass is 10.1. The Balaban J connectivity index is 2.11. The van der Waals surface area contributed by atoms with Crippen LogP contribution >= 0.6 is 15.9 Å². The number of aromatic nitrogens is 3. The van der Waals surface area contributed by atoms with Gasteiger partial charge in [0.15, 0.2) is 0 Å². The summed E-state index contributed by atoms with van der Waals surface area (Å²) in [5.41, 5.74) is 2.78. The van der Waals surface area contributed by atoms with Gasteiger partial charge in [-0.2, -0.15) is 0 Å². The Morgan fingerprint density at radius 3 is 2.86 bits per heavy atom. The zero-order valence-electron chi connectivity index (χ0n) is 12.3. The Hall–Kier alpha value is -1.66. The predicted octanol–water partition coefficient (Wildman–Crippen LogP) is 3.00. The Morgan fingerprint density at radius 1 is 1.32 bits per heavy atom. The summed E-state index contributed by atoms with van der Waals surface area (Å²) in [6.07, 6.45) is 3.54. The van der Waals surface area contributed by atoms with Crippen molar-refractivity contribution in [3.05, 3.63) is 39.4 Å². The van der Waals surface area contributed by atoms with Crippen molar-refractivity contribution in [3.8, 4) is 0 Å². The first-order chi connectivity index (χ1) is 10.7. The molecular weight excluding hydrogens is 346 g/mol. The molecule has 3 aromatic rings. The monoisotopic (exact) mass is 361 g/mol. The molecule has 6 heteroatoms. The number of hydrogen-bond acceptors (Lipinski definition) is 3. The summed E-state index contributed by atoms with van der Waals surface area (Å²) in [5, 5.41) is 1.01. The number of pyridine rings is 1. The van der Waals surface area contributed by atoms with Crippen LogP contribution in [0.1, 0.15) is 18.9 Å². The number of imidazole rings is 1. The third kappa shape index (κ3) is 2.01. The standard InChI is InChI=1S/C16H16BrN3O2/c1-19-14-9-18-13-3-2-10(17)8-12(13)15(14)20(16(19)21)11-4-6-22-7-5-11/h2-3,8-9,11H,4-7H2,1H3. The summed E-state index contributed by atoms with van der Waals surface area (Å²) in [5.74, 6) is 0. The van der Waals surface area contributed by atoms with Gasteiger partial charge in [-0.3, -0.25) is 14.1 Å². The molecule has 2 aromatic heterocycles. The molecule has 0 amide bonds. The average molecular weight is 362 g/mol. The molecule has 1 aromatic carbocycles. The summed E-state index contributed by atoms with van der Waals surface area (Å²) < 4.78 is 10.1. The smallest absolute Gasteiger partial charge is 0.329 e. The maximum Gasteiger partial charge on any atom is 0.329 e. The van der Waals surface area contributed by atoms with Crippen LogP contribution in [0.4, 0.5) is 0 Å². The van der Waals surface area contributed by atoms with E-state index in [-0.39, 0.29) is 11.7 Å². The highest BCUT2D eigenvalue weighted by atomic mass is 79.9. The molecule has 0 spiro atoms. The number of nitrogens with zero attached hydrogens (tertiary/aromatic N) is 3. The van der Waals surface area contributed by atoms with Crippen LogP contribution in [0.5, 0.6) is 0 Å². The molecule has 1 fully saturated rings. The van der Waals surface area contributed by atoms with Crippen molar-refractivity contribution in [3.63, 3.8) is 0 Å². The highest BCUT2D eigenvalue weighted by Gasteiger charge is 2.23. The molecule has 5 nitrogen and oxygen atoms in total. The van der Waals surface area contributed by atoms with Crippen LogP contribution in [0, 0.1) is 0 Å². The molecule has 0 N–H and O–H groups in total. The van der Waals surface area contributed by atoms with Gasteiger partial charge in [-0.1, -0.05) is 15.9 Å². The Bertz CT molecular complexity index is 922. The molecule has 1 aliphatic heterocycles. The molecule has 4 rings (SSSR count). The second-order valence-corrected chi connectivity index (χ2v) is 6.62. The fourth-order valence-electron chi connectivity index (χ4n) is 3.28. The van der Waals surface area contributed by atoms with E-state index in [0.717, 1.165) is 39.3 Å². The quantitative estimate of drug-likeness (QED) is 0.669. The minimum Gasteiger partial charge on any atom is -0.381 e. The predicted molar refractivity (Wildman–Crippen MR) is 89.3 cm³/mol. The van der Waals surface area contributed by atoms with E-state index in [0.29, 0.717) is 13.2 Å². The van der Waals surface area contributed by atoms with Crippen LogP contribution in [-0.4, -0.2) is 27.3 Å². The average Bonchev–Trinajstić information content (AvgIpc) is 2.80. The van der Waals surface area contributed by atoms with Crippen molar-refractivity contribution in [2.45, 2.75) is 18.9 Å². The number of aryl methyl sites for hydroxylation is 1. The van der Waals surface area contributed by atoms with Crippen LogP contribution in [0.2, 0.25) is 0 Å². The van der Waals surface area contributed by atoms with Crippen molar-refractivity contribution in [1.29, 1.82) is 0 Å². The Kier molecular flexibility index (Phi) is 3.31. The molecule has 1 saturated heterocycles. The molecule has 0 aliphatic carbocycles. The molecular formula is C16H16BrN3O2. The van der Waals surface area contributed by atoms with Gasteiger partial charge in [0.25, 0.3) is 0 Å². The van der Waals surface area contributed by atoms with Gasteiger partial charge >= 0.3 is 5.69 Å². The number of ether oxygens (including phenoxy) is 1. The third-order valence-electron chi connectivity index (χ3n) is 4.43. The number of fused-ring (bicyclic) bond motifs is 3. The van der Waals surface area contributed by atoms with Gasteiger partial charge in [0.05, 0.1) is 22.7 Å². The number of halogens is 1. The fraction of sp³-hybridized carbons (Fsp3) is 0.375. The van der Waals surface area contributed by atoms with E-state index in [1.54, 1.807) is 10.8 Å². The minimum atomic E-state index is 0.0242. The lowest BCUT2D eigenvalue weighted by Gasteiger charge is -2.23. The number of benzene rings is 1. The Morgan fingerprint density at radius 2 is 2.09 bits per heavy atom. The highest BCUT2D eigenvalue weighted by molar-refractivity contribution is 9.10. The molecule has 0 bridgehead atoms. The zero-order valence-corrected chi connectivity index (χ0v) is 13.8. The Labute approximate surface area is 135 Å². The lowest BCUT2D eigenvalue weighted by Crippen LogP contribution is -2.29. The normalized spacial score (nSPS) is 16.6. The van der Waals surface area contributed by atoms with Gasteiger partial charge in [-0.25, -0.2) is 4.79 Å². The van der Waals surface area contributed by atoms with Crippen molar-refractivity contribution in [1.82, 2.24) is 14.1 Å². The molecule has 1 aliphatic rings. The summed E-state index contributed by atoms with van der Waals surface area (Å²) in [7, 11) is 1.81. The second-order valence-electron chi connectivity index (χ2n) is 5.71. The van der Waals surface area contributed by atoms with E-state index in [1.807, 2.05) is 29.8 Å². The lowest BCUT2D eigenvalue weighted by molar-refractivity contribution is 0.0697. The van der Waals surface area contributed by atoms with Gasteiger partial charge < -0.3 is 4.74 Å². The van der Waals surface area contributed by atoms with Crippen molar-refractivity contribution in [2.24, 2.45) is 7.05 Å². The van der Waals surface area contributed by atoms with Crippen molar-refractivity contribution < 1.29 is 4.74 Å². The van der Waals surface area contributed by atoms with Crippen LogP contribution in [0.3, 0.4) is 0 Å². The van der Waals surface area contributed by atoms with Crippen molar-refractivity contribution in [2.75, 3.05) is 13.2 Å². The van der Waals surface area contributed by atoms with E-state index < -0.39 is 0 Å². The van der Waals surface area contributed by atoms with Crippen LogP contribution in [-0.2, 0) is 11.8 Å². The van der Waals surface area contributed by atoms with E-state index in [1.165, 1.54) is 0 Å². The summed E-state index contributed by atoms with van der Waals surface area (Å²) in [6.45, 7) is 1.42. The van der Waals surface area contributed by atoms with Crippen LogP contribution in [0.25, 0.3) is 21.9 Å². The first-order valence-electron chi connectivity index (χ1n) is 7.40. The van der Waals surface area contributed by atoms with Crippen LogP contribution < -0.4 is 5.69 Å². The molecule has 22 heavy (non-hydrogen) atoms. The summed E-state index contributed by atoms with van der Waals surface area (Å²) in [6, 6.07) is 6.18. The van der Waals surface area contributed by atoms with Gasteiger partial charge in [-0.15, -0.1) is 0 Å². The summed E-state index contributed by atoms with van der Waals surface area (Å²) >= 11 is 3.52. The number of hydrogen-bond donors (Lipinski definition) is 0. The topological polar surface area (TPSA) is 49.0 Å². The minimum absolute atomic E-state index is 0.0242. The molecule has 0 saturated carbocycles. The molecule has 3 heterocycles. The van der Waals surface area contributed by atoms with E-state index in [9.17, 15) is 4.79 Å². The maximum absolute atomic E-state index is 12.8. The highest BCUT2D eigenvalue weighted by Crippen LogP contribution is 2.30. The zero-order chi connectivity index (χ0) is 15.3. The van der Waals surface area contributed by atoms with Gasteiger partial charge in [0.1, 0.15) is 0 Å². The molecule has 0 unspecified atom stereocenters. The van der Waals surface area contributed by atoms with E-state index in [2.05, 4.69) is 20.9 Å². The maximum atomic E-state index is 12.8. The van der Waals surface area contributed by atoms with Gasteiger partial charge in [0, 0.05) is 36.2 Å². The van der Waals surface area contributed by atoms with Crippen molar-refractivity contribution >= 4 is 37.9 Å². The second kappa shape index (κ2) is 5.21. The van der Waals surface area contributed by atoms with Gasteiger partial charge in [-0.05, 0) is 31.0 Å². The van der Waals surface area contributed by atoms with Gasteiger partial charge in [0.2, 0.25) is 0 Å². The molecule has 0 atom stereocenters. The fourth-order valence-corrected chi connectivity index (χ4v) is 3.64. The first-order valence-corrected chi connectivity index (χ1v) is 8.19. The van der Waals surface area contributed by atoms with E-state index >= 15 is 0 Å². The van der Waals surface area contributed by atoms with E-state index in [4.69, 9.17) is 4.74 Å². The third-order valence-corrected chi connectivity index (χ3v) is 4.93. The SMILES string of the molecule is Cn1c(=O)n(C2CCOCC2)c2c3cc(Br)ccc3ncc21.